The van der Waals surface area contributed by atoms with Gasteiger partial charge in [0.25, 0.3) is 0 Å². The zero-order valence-corrected chi connectivity index (χ0v) is 19.8. The lowest BCUT2D eigenvalue weighted by Gasteiger charge is -2.43. The summed E-state index contributed by atoms with van der Waals surface area (Å²) < 4.78 is 0. The second-order valence-electron chi connectivity index (χ2n) is 8.01. The van der Waals surface area contributed by atoms with Gasteiger partial charge in [-0.3, -0.25) is 14.6 Å². The number of carbonyl (C=O) groups is 1. The summed E-state index contributed by atoms with van der Waals surface area (Å²) >= 11 is 0. The van der Waals surface area contributed by atoms with Crippen LogP contribution in [0.1, 0.15) is 24.1 Å². The van der Waals surface area contributed by atoms with Crippen molar-refractivity contribution < 1.29 is 9.90 Å². The second-order valence-corrected chi connectivity index (χ2v) is 8.01. The van der Waals surface area contributed by atoms with Gasteiger partial charge < -0.3 is 5.11 Å². The van der Waals surface area contributed by atoms with E-state index in [1.807, 2.05) is 12.1 Å². The van der Waals surface area contributed by atoms with Gasteiger partial charge >= 0.3 is 5.97 Å². The van der Waals surface area contributed by atoms with Crippen LogP contribution in [0.25, 0.3) is 11.1 Å². The van der Waals surface area contributed by atoms with Crippen LogP contribution in [-0.2, 0) is 4.79 Å². The topological polar surface area (TPSA) is 43.8 Å². The van der Waals surface area contributed by atoms with E-state index < -0.39 is 5.97 Å². The van der Waals surface area contributed by atoms with Crippen LogP contribution in [0, 0.1) is 0 Å². The Bertz CT molecular complexity index is 968. The molecule has 4 rings (SSSR count). The Kier molecular flexibility index (Phi) is 9.73. The van der Waals surface area contributed by atoms with Crippen molar-refractivity contribution in [1.82, 2.24) is 9.80 Å². The van der Waals surface area contributed by atoms with E-state index in [9.17, 15) is 9.90 Å². The minimum atomic E-state index is -0.758. The molecule has 3 aromatic carbocycles. The standard InChI is InChI=1S/C26H28N2O2.2ClH/c1-20-18-28(17-16-27(20)19-25(29)30)26(23-10-6-3-7-11-23)24-14-12-22(13-15-24)21-8-4-2-5-9-21;;/h2-15,20,26H,16-19H2,1H3,(H,29,30);2*1H. The smallest absolute Gasteiger partial charge is 0.317 e. The van der Waals surface area contributed by atoms with Crippen LogP contribution in [0.3, 0.4) is 0 Å². The van der Waals surface area contributed by atoms with Gasteiger partial charge in [-0.1, -0.05) is 84.9 Å². The highest BCUT2D eigenvalue weighted by Crippen LogP contribution is 2.32. The summed E-state index contributed by atoms with van der Waals surface area (Å²) in [6, 6.07) is 30.2. The summed E-state index contributed by atoms with van der Waals surface area (Å²) in [4.78, 5) is 15.7. The summed E-state index contributed by atoms with van der Waals surface area (Å²) in [7, 11) is 0. The van der Waals surface area contributed by atoms with Crippen molar-refractivity contribution in [2.45, 2.75) is 19.0 Å². The number of hydrogen-bond acceptors (Lipinski definition) is 3. The van der Waals surface area contributed by atoms with Crippen LogP contribution in [0.5, 0.6) is 0 Å². The molecule has 1 aliphatic rings. The van der Waals surface area contributed by atoms with Crippen molar-refractivity contribution >= 4 is 30.8 Å². The number of carboxylic acids is 1. The molecule has 1 saturated heterocycles. The maximum atomic E-state index is 11.2. The molecule has 0 bridgehead atoms. The van der Waals surface area contributed by atoms with Crippen LogP contribution in [0.4, 0.5) is 0 Å². The number of piperazine rings is 1. The molecule has 170 valence electrons. The fourth-order valence-corrected chi connectivity index (χ4v) is 4.40. The van der Waals surface area contributed by atoms with E-state index in [0.29, 0.717) is 0 Å². The van der Waals surface area contributed by atoms with Crippen LogP contribution >= 0.6 is 24.8 Å². The summed E-state index contributed by atoms with van der Waals surface area (Å²) in [5.74, 6) is -0.758. The molecule has 2 atom stereocenters. The Labute approximate surface area is 202 Å². The van der Waals surface area contributed by atoms with Crippen molar-refractivity contribution in [3.8, 4) is 11.1 Å². The monoisotopic (exact) mass is 472 g/mol. The maximum absolute atomic E-state index is 11.2. The number of halogens is 2. The van der Waals surface area contributed by atoms with Crippen molar-refractivity contribution in [2.75, 3.05) is 26.2 Å². The highest BCUT2D eigenvalue weighted by molar-refractivity contribution is 5.85. The summed E-state index contributed by atoms with van der Waals surface area (Å²) in [5.41, 5.74) is 4.96. The number of nitrogens with zero attached hydrogens (tertiary/aromatic N) is 2. The molecule has 4 nitrogen and oxygen atoms in total. The lowest BCUT2D eigenvalue weighted by Crippen LogP contribution is -2.54. The molecule has 1 aliphatic heterocycles. The third-order valence-electron chi connectivity index (χ3n) is 5.95. The number of benzene rings is 3. The Hall–Kier alpha value is -2.37. The first-order valence-electron chi connectivity index (χ1n) is 10.5. The normalized spacial score (nSPS) is 17.6. The van der Waals surface area contributed by atoms with Crippen LogP contribution < -0.4 is 0 Å². The molecule has 1 fully saturated rings. The van der Waals surface area contributed by atoms with Gasteiger partial charge in [-0.15, -0.1) is 24.8 Å². The van der Waals surface area contributed by atoms with E-state index >= 15 is 0 Å². The van der Waals surface area contributed by atoms with Crippen molar-refractivity contribution in [3.05, 3.63) is 96.1 Å². The SMILES string of the molecule is CC1CN(C(c2ccccc2)c2ccc(-c3ccccc3)cc2)CCN1CC(=O)O.Cl.Cl. The Balaban J connectivity index is 0.00000181. The molecule has 0 aliphatic carbocycles. The molecule has 0 spiro atoms. The molecular weight excluding hydrogens is 443 g/mol. The minimum absolute atomic E-state index is 0. The Morgan fingerprint density at radius 2 is 1.38 bits per heavy atom. The predicted octanol–water partition coefficient (Wildman–Crippen LogP) is 5.38. The third kappa shape index (κ3) is 6.11. The molecule has 32 heavy (non-hydrogen) atoms. The van der Waals surface area contributed by atoms with Crippen molar-refractivity contribution in [1.29, 1.82) is 0 Å². The van der Waals surface area contributed by atoms with Crippen molar-refractivity contribution in [2.24, 2.45) is 0 Å². The first-order valence-corrected chi connectivity index (χ1v) is 10.5. The van der Waals surface area contributed by atoms with E-state index in [2.05, 4.69) is 89.5 Å². The van der Waals surface area contributed by atoms with E-state index in [1.54, 1.807) is 0 Å². The molecule has 0 aromatic heterocycles. The highest BCUT2D eigenvalue weighted by atomic mass is 35.5. The van der Waals surface area contributed by atoms with Gasteiger partial charge in [-0.05, 0) is 29.2 Å². The van der Waals surface area contributed by atoms with Crippen LogP contribution in [0.15, 0.2) is 84.9 Å². The van der Waals surface area contributed by atoms with Gasteiger partial charge in [-0.2, -0.15) is 0 Å². The maximum Gasteiger partial charge on any atom is 0.317 e. The Morgan fingerprint density at radius 1 is 0.844 bits per heavy atom. The van der Waals surface area contributed by atoms with E-state index in [0.717, 1.165) is 19.6 Å². The molecule has 0 radical (unpaired) electrons. The second kappa shape index (κ2) is 12.0. The predicted molar refractivity (Wildman–Crippen MR) is 135 cm³/mol. The van der Waals surface area contributed by atoms with E-state index in [-0.39, 0.29) is 43.4 Å². The fraction of sp³-hybridized carbons (Fsp3) is 0.269. The fourth-order valence-electron chi connectivity index (χ4n) is 4.40. The third-order valence-corrected chi connectivity index (χ3v) is 5.95. The van der Waals surface area contributed by atoms with Gasteiger partial charge in [0.15, 0.2) is 0 Å². The summed E-state index contributed by atoms with van der Waals surface area (Å²) in [6.07, 6.45) is 0. The zero-order valence-electron chi connectivity index (χ0n) is 18.1. The minimum Gasteiger partial charge on any atom is -0.480 e. The van der Waals surface area contributed by atoms with Gasteiger partial charge in [0.05, 0.1) is 12.6 Å². The van der Waals surface area contributed by atoms with E-state index in [4.69, 9.17) is 0 Å². The first-order chi connectivity index (χ1) is 14.6. The molecular formula is C26H30Cl2N2O2. The molecule has 0 amide bonds. The zero-order chi connectivity index (χ0) is 20.9. The summed E-state index contributed by atoms with van der Waals surface area (Å²) in [6.45, 7) is 4.68. The lowest BCUT2D eigenvalue weighted by atomic mass is 9.94. The van der Waals surface area contributed by atoms with Crippen LogP contribution in [0.2, 0.25) is 0 Å². The molecule has 2 unspecified atom stereocenters. The van der Waals surface area contributed by atoms with E-state index in [1.165, 1.54) is 22.3 Å². The average molecular weight is 473 g/mol. The van der Waals surface area contributed by atoms with Gasteiger partial charge in [0.2, 0.25) is 0 Å². The Morgan fingerprint density at radius 3 is 1.94 bits per heavy atom. The average Bonchev–Trinajstić information content (AvgIpc) is 2.77. The van der Waals surface area contributed by atoms with Crippen LogP contribution in [-0.4, -0.2) is 53.1 Å². The number of carboxylic acid groups (broad SMARTS) is 1. The molecule has 1 N–H and O–H groups in total. The van der Waals surface area contributed by atoms with Gasteiger partial charge in [0.1, 0.15) is 0 Å². The molecule has 0 saturated carbocycles. The summed E-state index contributed by atoms with van der Waals surface area (Å²) in [5, 5.41) is 9.18. The molecule has 6 heteroatoms. The number of hydrogen-bond donors (Lipinski definition) is 1. The molecule has 3 aromatic rings. The highest BCUT2D eigenvalue weighted by Gasteiger charge is 2.30. The van der Waals surface area contributed by atoms with Crippen molar-refractivity contribution in [3.63, 3.8) is 0 Å². The van der Waals surface area contributed by atoms with Gasteiger partial charge in [0, 0.05) is 25.7 Å². The lowest BCUT2D eigenvalue weighted by molar-refractivity contribution is -0.139. The largest absolute Gasteiger partial charge is 0.480 e. The number of rotatable bonds is 6. The number of aliphatic carboxylic acids is 1. The quantitative estimate of drug-likeness (QED) is 0.522. The first kappa shape index (κ1) is 25.9. The van der Waals surface area contributed by atoms with Gasteiger partial charge in [-0.25, -0.2) is 0 Å². The molecule has 1 heterocycles.